The minimum atomic E-state index is 0. The molecule has 0 aliphatic carbocycles. The van der Waals surface area contributed by atoms with Crippen molar-refractivity contribution in [3.8, 4) is 0 Å². The molecule has 1 atom stereocenters. The average molecular weight is 523 g/mol. The molecule has 2 rings (SSSR count). The summed E-state index contributed by atoms with van der Waals surface area (Å²) in [5.41, 5.74) is 0. The molecule has 2 aromatic rings. The van der Waals surface area contributed by atoms with Gasteiger partial charge < -0.3 is 15.2 Å². The average Bonchev–Trinajstić information content (AvgIpc) is 3.24. The van der Waals surface area contributed by atoms with E-state index in [1.165, 1.54) is 4.88 Å². The van der Waals surface area contributed by atoms with Crippen LogP contribution in [0.2, 0.25) is 0 Å². The lowest BCUT2D eigenvalue weighted by Gasteiger charge is -2.16. The molecule has 152 valence electrons. The van der Waals surface area contributed by atoms with Gasteiger partial charge in [-0.15, -0.1) is 45.5 Å². The van der Waals surface area contributed by atoms with Crippen LogP contribution in [0.4, 0.5) is 0 Å². The fraction of sp³-hybridized carbons (Fsp3) is 0.611. The first-order valence-electron chi connectivity index (χ1n) is 8.98. The Morgan fingerprint density at radius 1 is 1.37 bits per heavy atom. The van der Waals surface area contributed by atoms with Gasteiger partial charge in [-0.1, -0.05) is 13.0 Å². The fourth-order valence-corrected chi connectivity index (χ4v) is 3.75. The number of rotatable bonds is 10. The van der Waals surface area contributed by atoms with Crippen LogP contribution in [0, 0.1) is 12.8 Å². The Morgan fingerprint density at radius 2 is 2.19 bits per heavy atom. The largest absolute Gasteiger partial charge is 0.356 e. The SMILES string of the molecule is CSCCCNC(=NCc1nnc(C)n1C)NCC(C)Cc1cccs1.I. The van der Waals surface area contributed by atoms with Crippen molar-refractivity contribution >= 4 is 53.0 Å². The predicted molar refractivity (Wildman–Crippen MR) is 128 cm³/mol. The molecule has 0 aliphatic heterocycles. The smallest absolute Gasteiger partial charge is 0.191 e. The Balaban J connectivity index is 0.00000364. The van der Waals surface area contributed by atoms with Crippen LogP contribution in [0.5, 0.6) is 0 Å². The van der Waals surface area contributed by atoms with Crippen molar-refractivity contribution < 1.29 is 0 Å². The van der Waals surface area contributed by atoms with Gasteiger partial charge in [0.25, 0.3) is 0 Å². The van der Waals surface area contributed by atoms with Crippen molar-refractivity contribution in [2.75, 3.05) is 25.1 Å². The van der Waals surface area contributed by atoms with Crippen molar-refractivity contribution in [3.05, 3.63) is 34.0 Å². The number of aliphatic imine (C=N–C) groups is 1. The lowest BCUT2D eigenvalue weighted by molar-refractivity contribution is 0.561. The molecule has 6 nitrogen and oxygen atoms in total. The third-order valence-corrected chi connectivity index (χ3v) is 5.72. The number of guanidine groups is 1. The molecule has 0 fully saturated rings. The van der Waals surface area contributed by atoms with Gasteiger partial charge >= 0.3 is 0 Å². The molecule has 2 heterocycles. The lowest BCUT2D eigenvalue weighted by atomic mass is 10.1. The maximum atomic E-state index is 4.70. The summed E-state index contributed by atoms with van der Waals surface area (Å²) in [5, 5.41) is 17.3. The summed E-state index contributed by atoms with van der Waals surface area (Å²) in [6.07, 6.45) is 4.35. The standard InChI is InChI=1S/C18H30N6S2.HI/c1-14(11-16-7-5-10-26-16)12-20-18(19-8-6-9-25-4)21-13-17-23-22-15(2)24(17)3;/h5,7,10,14H,6,8-9,11-13H2,1-4H3,(H2,19,20,21);1H. The molecule has 0 radical (unpaired) electrons. The third kappa shape index (κ3) is 8.82. The second kappa shape index (κ2) is 13.4. The molecule has 0 saturated heterocycles. The van der Waals surface area contributed by atoms with E-state index >= 15 is 0 Å². The predicted octanol–water partition coefficient (Wildman–Crippen LogP) is 3.47. The first-order valence-corrected chi connectivity index (χ1v) is 11.3. The van der Waals surface area contributed by atoms with Crippen LogP contribution < -0.4 is 10.6 Å². The zero-order valence-electron chi connectivity index (χ0n) is 16.6. The Kier molecular flexibility index (Phi) is 12.0. The highest BCUT2D eigenvalue weighted by Gasteiger charge is 2.08. The molecule has 0 aliphatic rings. The first-order chi connectivity index (χ1) is 12.6. The van der Waals surface area contributed by atoms with E-state index in [1.807, 2.05) is 41.6 Å². The zero-order valence-corrected chi connectivity index (χ0v) is 20.5. The van der Waals surface area contributed by atoms with Crippen molar-refractivity contribution in [3.63, 3.8) is 0 Å². The number of halogens is 1. The highest BCUT2D eigenvalue weighted by atomic mass is 127. The Labute approximate surface area is 188 Å². The van der Waals surface area contributed by atoms with Crippen molar-refractivity contribution in [2.45, 2.75) is 33.2 Å². The van der Waals surface area contributed by atoms with Gasteiger partial charge in [0.15, 0.2) is 11.8 Å². The van der Waals surface area contributed by atoms with Crippen molar-refractivity contribution in [2.24, 2.45) is 18.0 Å². The van der Waals surface area contributed by atoms with Gasteiger partial charge in [0, 0.05) is 25.0 Å². The van der Waals surface area contributed by atoms with Gasteiger partial charge in [-0.05, 0) is 49.1 Å². The molecular weight excluding hydrogens is 491 g/mol. The van der Waals surface area contributed by atoms with E-state index in [2.05, 4.69) is 51.5 Å². The van der Waals surface area contributed by atoms with Crippen LogP contribution in [0.3, 0.4) is 0 Å². The van der Waals surface area contributed by atoms with Gasteiger partial charge in [0.1, 0.15) is 12.4 Å². The molecule has 9 heteroatoms. The van der Waals surface area contributed by atoms with E-state index in [4.69, 9.17) is 4.99 Å². The molecule has 0 amide bonds. The topological polar surface area (TPSA) is 67.1 Å². The molecule has 0 bridgehead atoms. The summed E-state index contributed by atoms with van der Waals surface area (Å²) in [7, 11) is 1.97. The molecule has 0 spiro atoms. The minimum absolute atomic E-state index is 0. The monoisotopic (exact) mass is 522 g/mol. The summed E-state index contributed by atoms with van der Waals surface area (Å²) >= 11 is 3.69. The van der Waals surface area contributed by atoms with E-state index in [0.717, 1.165) is 49.3 Å². The van der Waals surface area contributed by atoms with E-state index in [0.29, 0.717) is 12.5 Å². The number of aromatic nitrogens is 3. The van der Waals surface area contributed by atoms with Crippen LogP contribution in [-0.4, -0.2) is 45.8 Å². The minimum Gasteiger partial charge on any atom is -0.356 e. The Bertz CT molecular complexity index is 671. The van der Waals surface area contributed by atoms with E-state index in [1.54, 1.807) is 0 Å². The lowest BCUT2D eigenvalue weighted by Crippen LogP contribution is -2.40. The van der Waals surface area contributed by atoms with E-state index in [9.17, 15) is 0 Å². The third-order valence-electron chi connectivity index (χ3n) is 4.13. The highest BCUT2D eigenvalue weighted by Crippen LogP contribution is 2.13. The van der Waals surface area contributed by atoms with Gasteiger partial charge in [0.2, 0.25) is 0 Å². The first kappa shape index (κ1) is 24.2. The summed E-state index contributed by atoms with van der Waals surface area (Å²) in [4.78, 5) is 6.13. The number of thioether (sulfide) groups is 1. The summed E-state index contributed by atoms with van der Waals surface area (Å²) < 4.78 is 1.98. The number of thiophene rings is 1. The van der Waals surface area contributed by atoms with Crippen LogP contribution >= 0.6 is 47.1 Å². The van der Waals surface area contributed by atoms with Gasteiger partial charge in [0.05, 0.1) is 0 Å². The van der Waals surface area contributed by atoms with Gasteiger partial charge in [-0.25, -0.2) is 4.99 Å². The van der Waals surface area contributed by atoms with Crippen LogP contribution in [0.15, 0.2) is 22.5 Å². The van der Waals surface area contributed by atoms with Gasteiger partial charge in [-0.3, -0.25) is 0 Å². The maximum absolute atomic E-state index is 4.70. The summed E-state index contributed by atoms with van der Waals surface area (Å²) in [6.45, 7) is 6.55. The molecule has 0 saturated carbocycles. The number of hydrogen-bond donors (Lipinski definition) is 2. The maximum Gasteiger partial charge on any atom is 0.191 e. The van der Waals surface area contributed by atoms with Gasteiger partial charge in [-0.2, -0.15) is 11.8 Å². The van der Waals surface area contributed by atoms with Crippen molar-refractivity contribution in [1.82, 2.24) is 25.4 Å². The summed E-state index contributed by atoms with van der Waals surface area (Å²) in [6, 6.07) is 4.32. The molecule has 0 aromatic carbocycles. The quantitative estimate of drug-likeness (QED) is 0.217. The molecule has 1 unspecified atom stereocenters. The number of hydrogen-bond acceptors (Lipinski definition) is 5. The molecule has 2 N–H and O–H groups in total. The number of nitrogens with zero attached hydrogens (tertiary/aromatic N) is 4. The van der Waals surface area contributed by atoms with Crippen LogP contribution in [-0.2, 0) is 20.0 Å². The van der Waals surface area contributed by atoms with Crippen LogP contribution in [0.1, 0.15) is 29.9 Å². The molecule has 27 heavy (non-hydrogen) atoms. The summed E-state index contributed by atoms with van der Waals surface area (Å²) in [5.74, 6) is 4.33. The number of nitrogens with one attached hydrogen (secondary N) is 2. The van der Waals surface area contributed by atoms with E-state index in [-0.39, 0.29) is 24.0 Å². The van der Waals surface area contributed by atoms with Crippen LogP contribution in [0.25, 0.3) is 0 Å². The fourth-order valence-electron chi connectivity index (χ4n) is 2.45. The zero-order chi connectivity index (χ0) is 18.8. The molecule has 2 aromatic heterocycles. The Morgan fingerprint density at radius 3 is 2.81 bits per heavy atom. The second-order valence-electron chi connectivity index (χ2n) is 6.43. The number of aryl methyl sites for hydroxylation is 1. The normalized spacial score (nSPS) is 12.5. The second-order valence-corrected chi connectivity index (χ2v) is 8.45. The Hall–Kier alpha value is -0.810. The molecular formula is C18H31IN6S2. The van der Waals surface area contributed by atoms with E-state index < -0.39 is 0 Å². The van der Waals surface area contributed by atoms with Crippen molar-refractivity contribution in [1.29, 1.82) is 0 Å². The highest BCUT2D eigenvalue weighted by molar-refractivity contribution is 14.0.